The summed E-state index contributed by atoms with van der Waals surface area (Å²) in [5.74, 6) is 1.94. The molecule has 1 nitrogen and oxygen atoms in total. The highest BCUT2D eigenvalue weighted by molar-refractivity contribution is 5.32. The maximum Gasteiger partial charge on any atom is 0.0121 e. The standard InChI is InChI=1S/C21H28N/c1-17(2)18(3)22(4)16-15-21(19-11-7-5-8-12-19)20-13-9-6-10-14-20/h5-14,18,21H,15-16H2,1-4H3. The van der Waals surface area contributed by atoms with E-state index < -0.39 is 0 Å². The molecule has 0 aliphatic carbocycles. The minimum absolute atomic E-state index is 0.467. The highest BCUT2D eigenvalue weighted by Gasteiger charge is 2.18. The molecule has 0 fully saturated rings. The SMILES string of the molecule is C[C](C)C(C)N(C)CCC(c1ccccc1)c1ccccc1. The second kappa shape index (κ2) is 8.14. The van der Waals surface area contributed by atoms with Gasteiger partial charge in [-0.1, -0.05) is 74.5 Å². The summed E-state index contributed by atoms with van der Waals surface area (Å²) in [4.78, 5) is 2.45. The van der Waals surface area contributed by atoms with Gasteiger partial charge in [-0.05, 0) is 44.0 Å². The zero-order valence-corrected chi connectivity index (χ0v) is 14.3. The molecule has 0 aliphatic heterocycles. The van der Waals surface area contributed by atoms with Crippen molar-refractivity contribution in [1.82, 2.24) is 4.90 Å². The van der Waals surface area contributed by atoms with Gasteiger partial charge < -0.3 is 4.90 Å². The van der Waals surface area contributed by atoms with Crippen LogP contribution in [0.5, 0.6) is 0 Å². The van der Waals surface area contributed by atoms with E-state index in [1.54, 1.807) is 0 Å². The summed E-state index contributed by atoms with van der Waals surface area (Å²) < 4.78 is 0. The van der Waals surface area contributed by atoms with Gasteiger partial charge in [0.2, 0.25) is 0 Å². The predicted molar refractivity (Wildman–Crippen MR) is 96.0 cm³/mol. The fraction of sp³-hybridized carbons (Fsp3) is 0.381. The normalized spacial score (nSPS) is 13.0. The Bertz CT molecular complexity index is 493. The molecule has 0 N–H and O–H groups in total. The van der Waals surface area contributed by atoms with Gasteiger partial charge >= 0.3 is 0 Å². The molecule has 0 bridgehead atoms. The summed E-state index contributed by atoms with van der Waals surface area (Å²) in [6.45, 7) is 7.82. The van der Waals surface area contributed by atoms with Crippen LogP contribution < -0.4 is 0 Å². The molecule has 117 valence electrons. The van der Waals surface area contributed by atoms with E-state index in [2.05, 4.69) is 93.4 Å². The van der Waals surface area contributed by atoms with Crippen LogP contribution in [0.1, 0.15) is 44.2 Å². The van der Waals surface area contributed by atoms with Gasteiger partial charge in [-0.15, -0.1) is 0 Å². The lowest BCUT2D eigenvalue weighted by molar-refractivity contribution is 0.260. The minimum Gasteiger partial charge on any atom is -0.303 e. The van der Waals surface area contributed by atoms with Crippen molar-refractivity contribution in [2.24, 2.45) is 0 Å². The van der Waals surface area contributed by atoms with Gasteiger partial charge in [-0.2, -0.15) is 0 Å². The average Bonchev–Trinajstić information content (AvgIpc) is 2.56. The van der Waals surface area contributed by atoms with Crippen molar-refractivity contribution in [1.29, 1.82) is 0 Å². The van der Waals surface area contributed by atoms with Crippen LogP contribution in [-0.4, -0.2) is 24.5 Å². The van der Waals surface area contributed by atoms with E-state index in [1.807, 2.05) is 0 Å². The summed E-state index contributed by atoms with van der Waals surface area (Å²) in [5.41, 5.74) is 2.82. The maximum atomic E-state index is 2.45. The fourth-order valence-electron chi connectivity index (χ4n) is 2.86. The first-order valence-corrected chi connectivity index (χ1v) is 8.19. The van der Waals surface area contributed by atoms with Gasteiger partial charge in [0.25, 0.3) is 0 Å². The lowest BCUT2D eigenvalue weighted by Crippen LogP contribution is -2.33. The first-order valence-electron chi connectivity index (χ1n) is 8.19. The van der Waals surface area contributed by atoms with Crippen LogP contribution in [0, 0.1) is 5.92 Å². The van der Waals surface area contributed by atoms with Crippen LogP contribution in [0.25, 0.3) is 0 Å². The Morgan fingerprint density at radius 1 is 0.864 bits per heavy atom. The molecule has 0 heterocycles. The Hall–Kier alpha value is -1.60. The Morgan fingerprint density at radius 2 is 1.32 bits per heavy atom. The molecule has 1 atom stereocenters. The molecule has 22 heavy (non-hydrogen) atoms. The first-order chi connectivity index (χ1) is 10.6. The third-order valence-electron chi connectivity index (χ3n) is 4.67. The molecule has 0 amide bonds. The van der Waals surface area contributed by atoms with Crippen molar-refractivity contribution in [3.8, 4) is 0 Å². The quantitative estimate of drug-likeness (QED) is 0.683. The summed E-state index contributed by atoms with van der Waals surface area (Å²) in [6.07, 6.45) is 1.14. The summed E-state index contributed by atoms with van der Waals surface area (Å²) in [6, 6.07) is 22.3. The monoisotopic (exact) mass is 294 g/mol. The Kier molecular flexibility index (Phi) is 6.21. The largest absolute Gasteiger partial charge is 0.303 e. The highest BCUT2D eigenvalue weighted by Crippen LogP contribution is 2.28. The fourth-order valence-corrected chi connectivity index (χ4v) is 2.86. The van der Waals surface area contributed by atoms with Gasteiger partial charge in [0.15, 0.2) is 0 Å². The predicted octanol–water partition coefficient (Wildman–Crippen LogP) is 5.14. The van der Waals surface area contributed by atoms with Gasteiger partial charge in [0.05, 0.1) is 0 Å². The van der Waals surface area contributed by atoms with Crippen LogP contribution in [0.15, 0.2) is 60.7 Å². The second-order valence-electron chi connectivity index (χ2n) is 6.40. The van der Waals surface area contributed by atoms with Crippen molar-refractivity contribution in [2.45, 2.75) is 39.2 Å². The van der Waals surface area contributed by atoms with Crippen molar-refractivity contribution in [2.75, 3.05) is 13.6 Å². The Morgan fingerprint density at radius 3 is 1.73 bits per heavy atom. The number of rotatable bonds is 7. The average molecular weight is 294 g/mol. The van der Waals surface area contributed by atoms with Gasteiger partial charge in [0.1, 0.15) is 0 Å². The zero-order chi connectivity index (χ0) is 15.9. The van der Waals surface area contributed by atoms with E-state index in [4.69, 9.17) is 0 Å². The number of benzene rings is 2. The number of hydrogen-bond acceptors (Lipinski definition) is 1. The van der Waals surface area contributed by atoms with E-state index >= 15 is 0 Å². The molecule has 0 spiro atoms. The summed E-state index contributed by atoms with van der Waals surface area (Å²) >= 11 is 0. The van der Waals surface area contributed by atoms with E-state index in [9.17, 15) is 0 Å². The van der Waals surface area contributed by atoms with Crippen LogP contribution in [-0.2, 0) is 0 Å². The zero-order valence-electron chi connectivity index (χ0n) is 14.3. The third kappa shape index (κ3) is 4.45. The van der Waals surface area contributed by atoms with Crippen LogP contribution >= 0.6 is 0 Å². The molecule has 2 aromatic rings. The minimum atomic E-state index is 0.467. The van der Waals surface area contributed by atoms with Crippen LogP contribution in [0.2, 0.25) is 0 Å². The van der Waals surface area contributed by atoms with E-state index in [0.29, 0.717) is 12.0 Å². The maximum absolute atomic E-state index is 2.45. The smallest absolute Gasteiger partial charge is 0.0121 e. The molecule has 0 aliphatic rings. The molecule has 2 aromatic carbocycles. The van der Waals surface area contributed by atoms with Crippen molar-refractivity contribution in [3.05, 3.63) is 77.7 Å². The summed E-state index contributed by atoms with van der Waals surface area (Å²) in [7, 11) is 2.23. The molecule has 0 saturated heterocycles. The topological polar surface area (TPSA) is 3.24 Å². The van der Waals surface area contributed by atoms with Gasteiger partial charge in [0, 0.05) is 12.0 Å². The molecule has 1 unspecified atom stereocenters. The van der Waals surface area contributed by atoms with Crippen molar-refractivity contribution in [3.63, 3.8) is 0 Å². The second-order valence-corrected chi connectivity index (χ2v) is 6.40. The lowest BCUT2D eigenvalue weighted by Gasteiger charge is -2.29. The van der Waals surface area contributed by atoms with E-state index in [-0.39, 0.29) is 0 Å². The lowest BCUT2D eigenvalue weighted by atomic mass is 9.88. The molecule has 0 aromatic heterocycles. The van der Waals surface area contributed by atoms with Crippen LogP contribution in [0.3, 0.4) is 0 Å². The molecule has 1 radical (unpaired) electrons. The number of hydrogen-bond donors (Lipinski definition) is 0. The third-order valence-corrected chi connectivity index (χ3v) is 4.67. The Labute approximate surface area is 136 Å². The van der Waals surface area contributed by atoms with Gasteiger partial charge in [-0.3, -0.25) is 0 Å². The molecular weight excluding hydrogens is 266 g/mol. The molecular formula is C21H28N. The van der Waals surface area contributed by atoms with Gasteiger partial charge in [-0.25, -0.2) is 0 Å². The van der Waals surface area contributed by atoms with Crippen LogP contribution in [0.4, 0.5) is 0 Å². The first kappa shape index (κ1) is 16.8. The molecule has 2 rings (SSSR count). The Balaban J connectivity index is 2.13. The molecule has 0 saturated carbocycles. The number of nitrogens with zero attached hydrogens (tertiary/aromatic N) is 1. The molecule has 1 heteroatoms. The van der Waals surface area contributed by atoms with E-state index in [0.717, 1.165) is 13.0 Å². The highest BCUT2D eigenvalue weighted by atomic mass is 15.1. The summed E-state index contributed by atoms with van der Waals surface area (Å²) in [5, 5.41) is 0. The van der Waals surface area contributed by atoms with Crippen molar-refractivity contribution < 1.29 is 0 Å². The van der Waals surface area contributed by atoms with Crippen molar-refractivity contribution >= 4 is 0 Å². The van der Waals surface area contributed by atoms with E-state index in [1.165, 1.54) is 17.0 Å².